The molecular weight excluding hydrogens is 426 g/mol. The fourth-order valence-corrected chi connectivity index (χ4v) is 3.90. The van der Waals surface area contributed by atoms with Crippen LogP contribution in [0.4, 0.5) is 0 Å². The number of hydrogen-bond acceptors (Lipinski definition) is 7. The summed E-state index contributed by atoms with van der Waals surface area (Å²) in [4.78, 5) is 24.7. The molecule has 2 aromatic carbocycles. The van der Waals surface area contributed by atoms with Crippen molar-refractivity contribution in [2.24, 2.45) is 5.41 Å². The van der Waals surface area contributed by atoms with Gasteiger partial charge in [-0.25, -0.2) is 0 Å². The predicted molar refractivity (Wildman–Crippen MR) is 121 cm³/mol. The third kappa shape index (κ3) is 4.61. The van der Waals surface area contributed by atoms with Crippen molar-refractivity contribution in [2.75, 3.05) is 34.0 Å². The van der Waals surface area contributed by atoms with E-state index >= 15 is 0 Å². The van der Waals surface area contributed by atoms with E-state index in [2.05, 4.69) is 5.32 Å². The summed E-state index contributed by atoms with van der Waals surface area (Å²) in [6, 6.07) is 9.32. The molecule has 2 aliphatic rings. The van der Waals surface area contributed by atoms with E-state index in [1.54, 1.807) is 40.2 Å². The first-order valence-electron chi connectivity index (χ1n) is 10.9. The zero-order valence-corrected chi connectivity index (χ0v) is 19.4. The van der Waals surface area contributed by atoms with Gasteiger partial charge in [-0.1, -0.05) is 6.07 Å². The third-order valence-electron chi connectivity index (χ3n) is 5.89. The van der Waals surface area contributed by atoms with Crippen LogP contribution >= 0.6 is 0 Å². The maximum atomic E-state index is 12.8. The summed E-state index contributed by atoms with van der Waals surface area (Å²) < 4.78 is 28.2. The molecule has 0 bridgehead atoms. The van der Waals surface area contributed by atoms with Crippen LogP contribution in [0.3, 0.4) is 0 Å². The van der Waals surface area contributed by atoms with Gasteiger partial charge in [0.1, 0.15) is 12.7 Å². The molecule has 8 heteroatoms. The van der Waals surface area contributed by atoms with Gasteiger partial charge in [0.25, 0.3) is 5.91 Å². The van der Waals surface area contributed by atoms with E-state index in [1.807, 2.05) is 18.2 Å². The minimum atomic E-state index is -0.901. The molecule has 0 unspecified atom stereocenters. The number of carbonyl (C=O) groups excluding carboxylic acids is 2. The maximum absolute atomic E-state index is 12.8. The number of benzene rings is 2. The van der Waals surface area contributed by atoms with Gasteiger partial charge < -0.3 is 29.0 Å². The number of esters is 1. The average molecular weight is 456 g/mol. The molecule has 1 N–H and O–H groups in total. The number of rotatable bonds is 8. The maximum Gasteiger partial charge on any atom is 0.315 e. The lowest BCUT2D eigenvalue weighted by Crippen LogP contribution is -2.35. The van der Waals surface area contributed by atoms with Gasteiger partial charge in [-0.15, -0.1) is 0 Å². The summed E-state index contributed by atoms with van der Waals surface area (Å²) >= 11 is 0. The third-order valence-corrected chi connectivity index (χ3v) is 5.89. The van der Waals surface area contributed by atoms with Crippen molar-refractivity contribution >= 4 is 11.9 Å². The van der Waals surface area contributed by atoms with Gasteiger partial charge in [-0.2, -0.15) is 0 Å². The van der Waals surface area contributed by atoms with Crippen LogP contribution < -0.4 is 19.5 Å². The summed E-state index contributed by atoms with van der Waals surface area (Å²) in [5, 5.41) is 2.83. The van der Waals surface area contributed by atoms with Crippen molar-refractivity contribution in [1.29, 1.82) is 0 Å². The summed E-state index contributed by atoms with van der Waals surface area (Å²) in [6.07, 6.45) is 0.480. The predicted octanol–water partition coefficient (Wildman–Crippen LogP) is 3.35. The zero-order chi connectivity index (χ0) is 23.6. The van der Waals surface area contributed by atoms with Gasteiger partial charge in [0.05, 0.1) is 32.8 Å². The number of fused-ring (bicyclic) bond motifs is 1. The van der Waals surface area contributed by atoms with Crippen LogP contribution in [0, 0.1) is 5.41 Å². The Labute approximate surface area is 193 Å². The van der Waals surface area contributed by atoms with E-state index in [-0.39, 0.29) is 24.6 Å². The van der Waals surface area contributed by atoms with Crippen molar-refractivity contribution in [3.63, 3.8) is 0 Å². The Hall–Kier alpha value is -3.26. The fraction of sp³-hybridized carbons (Fsp3) is 0.440. The second-order valence-electron chi connectivity index (χ2n) is 8.80. The zero-order valence-electron chi connectivity index (χ0n) is 19.4. The molecule has 0 radical (unpaired) electrons. The van der Waals surface area contributed by atoms with Gasteiger partial charge in [0, 0.05) is 24.1 Å². The molecule has 2 heterocycles. The van der Waals surface area contributed by atoms with Crippen molar-refractivity contribution in [3.05, 3.63) is 41.5 Å². The van der Waals surface area contributed by atoms with E-state index in [9.17, 15) is 9.59 Å². The fourth-order valence-electron chi connectivity index (χ4n) is 3.90. The van der Waals surface area contributed by atoms with Crippen molar-refractivity contribution in [3.8, 4) is 28.4 Å². The standard InChI is InChI=1S/C25H29NO7/c1-25(2,24(28)33-17-9-10-31-13-17)14-32-21-18(7-8-20(29-3)22(21)30-4)15-5-6-19-16(11-15)12-26-23(19)27/h5-8,11,17H,9-10,12-14H2,1-4H3,(H,26,27)/t17-/m1/s1. The normalized spacial score (nSPS) is 17.3. The van der Waals surface area contributed by atoms with Crippen LogP contribution in [0.15, 0.2) is 30.3 Å². The Morgan fingerprint density at radius 1 is 1.12 bits per heavy atom. The molecule has 176 valence electrons. The Balaban J connectivity index is 1.63. The Morgan fingerprint density at radius 3 is 2.61 bits per heavy atom. The van der Waals surface area contributed by atoms with E-state index in [0.717, 1.165) is 16.7 Å². The Kier molecular flexibility index (Phi) is 6.47. The topological polar surface area (TPSA) is 92.3 Å². The van der Waals surface area contributed by atoms with E-state index < -0.39 is 5.41 Å². The van der Waals surface area contributed by atoms with E-state index in [4.69, 9.17) is 23.7 Å². The SMILES string of the molecule is COc1ccc(-c2ccc3c(c2)CNC3=O)c(OCC(C)(C)C(=O)O[C@@H]2CCOC2)c1OC. The molecule has 1 fully saturated rings. The molecule has 0 saturated carbocycles. The van der Waals surface area contributed by atoms with Gasteiger partial charge in [0.15, 0.2) is 11.5 Å². The monoisotopic (exact) mass is 455 g/mol. The summed E-state index contributed by atoms with van der Waals surface area (Å²) in [5.41, 5.74) is 2.32. The smallest absolute Gasteiger partial charge is 0.315 e. The van der Waals surface area contributed by atoms with Gasteiger partial charge >= 0.3 is 5.97 Å². The number of amides is 1. The Morgan fingerprint density at radius 2 is 1.91 bits per heavy atom. The van der Waals surface area contributed by atoms with Gasteiger partial charge in [0.2, 0.25) is 5.75 Å². The van der Waals surface area contributed by atoms with Crippen molar-refractivity contribution in [2.45, 2.75) is 32.9 Å². The van der Waals surface area contributed by atoms with E-state index in [0.29, 0.717) is 49.0 Å². The highest BCUT2D eigenvalue weighted by Crippen LogP contribution is 2.45. The lowest BCUT2D eigenvalue weighted by molar-refractivity contribution is -0.161. The molecule has 33 heavy (non-hydrogen) atoms. The molecule has 8 nitrogen and oxygen atoms in total. The lowest BCUT2D eigenvalue weighted by atomic mass is 9.94. The van der Waals surface area contributed by atoms with Crippen LogP contribution in [0.1, 0.15) is 36.2 Å². The number of hydrogen-bond donors (Lipinski definition) is 1. The first-order valence-corrected chi connectivity index (χ1v) is 10.9. The molecule has 1 saturated heterocycles. The van der Waals surface area contributed by atoms with Gasteiger partial charge in [-0.05, 0) is 49.2 Å². The second-order valence-corrected chi connectivity index (χ2v) is 8.80. The minimum absolute atomic E-state index is 0.0704. The molecule has 0 aromatic heterocycles. The molecule has 0 aliphatic carbocycles. The number of methoxy groups -OCH3 is 2. The van der Waals surface area contributed by atoms with Crippen molar-refractivity contribution in [1.82, 2.24) is 5.32 Å². The van der Waals surface area contributed by atoms with Crippen LogP contribution in [0.2, 0.25) is 0 Å². The lowest BCUT2D eigenvalue weighted by Gasteiger charge is -2.26. The number of ether oxygens (including phenoxy) is 5. The minimum Gasteiger partial charge on any atom is -0.493 e. The number of nitrogens with one attached hydrogen (secondary N) is 1. The molecule has 4 rings (SSSR count). The highest BCUT2D eigenvalue weighted by atomic mass is 16.6. The van der Waals surface area contributed by atoms with Crippen LogP contribution in [-0.4, -0.2) is 52.0 Å². The highest BCUT2D eigenvalue weighted by molar-refractivity contribution is 5.99. The van der Waals surface area contributed by atoms with Crippen LogP contribution in [-0.2, 0) is 20.8 Å². The first kappa shape index (κ1) is 22.9. The summed E-state index contributed by atoms with van der Waals surface area (Å²) in [5.74, 6) is 0.978. The quantitative estimate of drug-likeness (QED) is 0.610. The Bertz CT molecular complexity index is 1060. The van der Waals surface area contributed by atoms with Crippen molar-refractivity contribution < 1.29 is 33.3 Å². The van der Waals surface area contributed by atoms with Gasteiger partial charge in [-0.3, -0.25) is 9.59 Å². The van der Waals surface area contributed by atoms with E-state index in [1.165, 1.54) is 0 Å². The number of carbonyl (C=O) groups is 2. The highest BCUT2D eigenvalue weighted by Gasteiger charge is 2.34. The molecule has 2 aromatic rings. The van der Waals surface area contributed by atoms with Crippen LogP contribution in [0.25, 0.3) is 11.1 Å². The molecule has 1 atom stereocenters. The molecule has 2 aliphatic heterocycles. The largest absolute Gasteiger partial charge is 0.493 e. The van der Waals surface area contributed by atoms with Crippen LogP contribution in [0.5, 0.6) is 17.2 Å². The first-order chi connectivity index (χ1) is 15.8. The summed E-state index contributed by atoms with van der Waals surface area (Å²) in [6.45, 7) is 5.14. The molecule has 1 amide bonds. The second kappa shape index (κ2) is 9.31. The average Bonchev–Trinajstić information content (AvgIpc) is 3.46. The summed E-state index contributed by atoms with van der Waals surface area (Å²) in [7, 11) is 3.10. The molecule has 0 spiro atoms. The molecular formula is C25H29NO7.